The fraction of sp³-hybridized carbons (Fsp3) is 0.611. The lowest BCUT2D eigenvalue weighted by Gasteiger charge is -2.11. The third-order valence-electron chi connectivity index (χ3n) is 3.34. The molecule has 0 N–H and O–H groups in total. The van der Waals surface area contributed by atoms with Gasteiger partial charge in [-0.25, -0.2) is 0 Å². The van der Waals surface area contributed by atoms with Crippen LogP contribution in [0, 0.1) is 6.92 Å². The molecule has 1 aromatic rings. The lowest BCUT2D eigenvalue weighted by Crippen LogP contribution is -2.04. The summed E-state index contributed by atoms with van der Waals surface area (Å²) in [5.41, 5.74) is 2.55. The third-order valence-corrected chi connectivity index (χ3v) is 3.34. The summed E-state index contributed by atoms with van der Waals surface area (Å²) in [5, 5.41) is 0. The van der Waals surface area contributed by atoms with E-state index in [4.69, 9.17) is 9.47 Å². The molecule has 1 aromatic carbocycles. The van der Waals surface area contributed by atoms with Gasteiger partial charge in [-0.1, -0.05) is 19.9 Å². The van der Waals surface area contributed by atoms with E-state index < -0.39 is 0 Å². The number of aryl methyl sites for hydroxylation is 1. The van der Waals surface area contributed by atoms with Crippen molar-refractivity contribution in [2.24, 2.45) is 0 Å². The molecule has 0 atom stereocenters. The van der Waals surface area contributed by atoms with Crippen molar-refractivity contribution in [3.8, 4) is 5.75 Å². The molecule has 0 aromatic heterocycles. The van der Waals surface area contributed by atoms with E-state index in [0.29, 0.717) is 25.6 Å². The Balaban J connectivity index is 2.25. The Kier molecular flexibility index (Phi) is 7.88. The Morgan fingerprint density at radius 2 is 1.90 bits per heavy atom. The minimum absolute atomic E-state index is 0.0984. The van der Waals surface area contributed by atoms with E-state index in [0.717, 1.165) is 25.0 Å². The van der Waals surface area contributed by atoms with E-state index in [1.54, 1.807) is 0 Å². The summed E-state index contributed by atoms with van der Waals surface area (Å²) in [6.07, 6.45) is 3.33. The van der Waals surface area contributed by atoms with Gasteiger partial charge in [0.2, 0.25) is 0 Å². The van der Waals surface area contributed by atoms with Crippen LogP contribution in [0.3, 0.4) is 0 Å². The summed E-state index contributed by atoms with van der Waals surface area (Å²) in [6.45, 7) is 9.47. The highest BCUT2D eigenvalue weighted by Gasteiger charge is 2.04. The van der Waals surface area contributed by atoms with Crippen LogP contribution in [0.5, 0.6) is 5.75 Å². The fourth-order valence-electron chi connectivity index (χ4n) is 2.16. The summed E-state index contributed by atoms with van der Waals surface area (Å²) >= 11 is 0. The molecule has 0 fully saturated rings. The topological polar surface area (TPSA) is 35.5 Å². The van der Waals surface area contributed by atoms with Gasteiger partial charge in [0, 0.05) is 6.42 Å². The summed E-state index contributed by atoms with van der Waals surface area (Å²) in [4.78, 5) is 11.2. The van der Waals surface area contributed by atoms with Gasteiger partial charge < -0.3 is 9.47 Å². The van der Waals surface area contributed by atoms with E-state index >= 15 is 0 Å². The van der Waals surface area contributed by atoms with Crippen LogP contribution in [-0.4, -0.2) is 19.2 Å². The maximum absolute atomic E-state index is 11.2. The lowest BCUT2D eigenvalue weighted by molar-refractivity contribution is -0.143. The summed E-state index contributed by atoms with van der Waals surface area (Å²) in [5.74, 6) is 1.36. The molecule has 118 valence electrons. The normalized spacial score (nSPS) is 10.7. The molecule has 3 nitrogen and oxygen atoms in total. The first-order chi connectivity index (χ1) is 10.0. The molecular formula is C18H28O3. The van der Waals surface area contributed by atoms with Gasteiger partial charge >= 0.3 is 5.97 Å². The van der Waals surface area contributed by atoms with Gasteiger partial charge in [0.1, 0.15) is 5.75 Å². The Morgan fingerprint density at radius 3 is 2.57 bits per heavy atom. The molecule has 0 spiro atoms. The SMILES string of the molecule is CCOC(=O)CCCCCOc1cc(C)cc(C(C)C)c1. The maximum atomic E-state index is 11.2. The van der Waals surface area contributed by atoms with Gasteiger partial charge in [-0.3, -0.25) is 4.79 Å². The van der Waals surface area contributed by atoms with Gasteiger partial charge in [0.05, 0.1) is 13.2 Å². The first kappa shape index (κ1) is 17.5. The average Bonchev–Trinajstić information content (AvgIpc) is 2.42. The summed E-state index contributed by atoms with van der Waals surface area (Å²) in [7, 11) is 0. The van der Waals surface area contributed by atoms with Crippen molar-refractivity contribution in [3.63, 3.8) is 0 Å². The van der Waals surface area contributed by atoms with Crippen LogP contribution in [0.25, 0.3) is 0 Å². The first-order valence-corrected chi connectivity index (χ1v) is 7.93. The molecule has 0 aliphatic carbocycles. The Hall–Kier alpha value is -1.51. The van der Waals surface area contributed by atoms with E-state index in [9.17, 15) is 4.79 Å². The van der Waals surface area contributed by atoms with Crippen LogP contribution in [0.1, 0.15) is 63.5 Å². The van der Waals surface area contributed by atoms with E-state index in [1.807, 2.05) is 6.92 Å². The van der Waals surface area contributed by atoms with Gasteiger partial charge in [-0.05, 0) is 62.3 Å². The molecule has 21 heavy (non-hydrogen) atoms. The molecule has 3 heteroatoms. The van der Waals surface area contributed by atoms with E-state index in [1.165, 1.54) is 11.1 Å². The van der Waals surface area contributed by atoms with Crippen LogP contribution in [0.15, 0.2) is 18.2 Å². The van der Waals surface area contributed by atoms with E-state index in [-0.39, 0.29) is 5.97 Å². The second-order valence-corrected chi connectivity index (χ2v) is 5.70. The fourth-order valence-corrected chi connectivity index (χ4v) is 2.16. The largest absolute Gasteiger partial charge is 0.494 e. The molecule has 0 bridgehead atoms. The number of rotatable bonds is 9. The van der Waals surface area contributed by atoms with Crippen LogP contribution in [-0.2, 0) is 9.53 Å². The number of hydrogen-bond donors (Lipinski definition) is 0. The number of benzene rings is 1. The molecule has 0 amide bonds. The monoisotopic (exact) mass is 292 g/mol. The Morgan fingerprint density at radius 1 is 1.14 bits per heavy atom. The molecule has 1 rings (SSSR count). The Labute approximate surface area is 128 Å². The predicted octanol–water partition coefficient (Wildman–Crippen LogP) is 4.62. The smallest absolute Gasteiger partial charge is 0.305 e. The summed E-state index contributed by atoms with van der Waals surface area (Å²) < 4.78 is 10.7. The van der Waals surface area contributed by atoms with Crippen molar-refractivity contribution >= 4 is 5.97 Å². The van der Waals surface area contributed by atoms with E-state index in [2.05, 4.69) is 39.0 Å². The number of hydrogen-bond acceptors (Lipinski definition) is 3. The summed E-state index contributed by atoms with van der Waals surface area (Å²) in [6, 6.07) is 6.40. The second-order valence-electron chi connectivity index (χ2n) is 5.70. The van der Waals surface area contributed by atoms with Crippen LogP contribution in [0.2, 0.25) is 0 Å². The Bertz CT molecular complexity index is 438. The van der Waals surface area contributed by atoms with Crippen molar-refractivity contribution < 1.29 is 14.3 Å². The van der Waals surface area contributed by atoms with Crippen molar-refractivity contribution in [1.82, 2.24) is 0 Å². The predicted molar refractivity (Wildman–Crippen MR) is 85.9 cm³/mol. The lowest BCUT2D eigenvalue weighted by atomic mass is 10.0. The quantitative estimate of drug-likeness (QED) is 0.492. The second kappa shape index (κ2) is 9.43. The minimum atomic E-state index is -0.0984. The minimum Gasteiger partial charge on any atom is -0.494 e. The molecule has 0 radical (unpaired) electrons. The number of carbonyl (C=O) groups is 1. The van der Waals surface area contributed by atoms with Crippen molar-refractivity contribution in [2.75, 3.05) is 13.2 Å². The number of unbranched alkanes of at least 4 members (excludes halogenated alkanes) is 2. The zero-order chi connectivity index (χ0) is 15.7. The number of ether oxygens (including phenoxy) is 2. The van der Waals surface area contributed by atoms with Crippen molar-refractivity contribution in [1.29, 1.82) is 0 Å². The standard InChI is InChI=1S/C18H28O3/c1-5-20-18(19)9-7-6-8-10-21-17-12-15(4)11-16(13-17)14(2)3/h11-14H,5-10H2,1-4H3. The van der Waals surface area contributed by atoms with Crippen LogP contribution >= 0.6 is 0 Å². The van der Waals surface area contributed by atoms with Crippen molar-refractivity contribution in [3.05, 3.63) is 29.3 Å². The first-order valence-electron chi connectivity index (χ1n) is 7.93. The van der Waals surface area contributed by atoms with Crippen LogP contribution in [0.4, 0.5) is 0 Å². The molecule has 0 saturated heterocycles. The van der Waals surface area contributed by atoms with Gasteiger partial charge in [0.25, 0.3) is 0 Å². The molecule has 0 heterocycles. The van der Waals surface area contributed by atoms with Gasteiger partial charge in [-0.15, -0.1) is 0 Å². The molecule has 0 aliphatic rings. The highest BCUT2D eigenvalue weighted by Crippen LogP contribution is 2.23. The third kappa shape index (κ3) is 7.16. The molecule has 0 saturated carbocycles. The molecular weight excluding hydrogens is 264 g/mol. The highest BCUT2D eigenvalue weighted by atomic mass is 16.5. The highest BCUT2D eigenvalue weighted by molar-refractivity contribution is 5.69. The number of carbonyl (C=O) groups excluding carboxylic acids is 1. The average molecular weight is 292 g/mol. The zero-order valence-electron chi connectivity index (χ0n) is 13.8. The van der Waals surface area contributed by atoms with Gasteiger partial charge in [-0.2, -0.15) is 0 Å². The maximum Gasteiger partial charge on any atom is 0.305 e. The molecule has 0 unspecified atom stereocenters. The zero-order valence-corrected chi connectivity index (χ0v) is 13.8. The molecule has 0 aliphatic heterocycles. The van der Waals surface area contributed by atoms with Crippen LogP contribution < -0.4 is 4.74 Å². The van der Waals surface area contributed by atoms with Gasteiger partial charge in [0.15, 0.2) is 0 Å². The number of esters is 1. The van der Waals surface area contributed by atoms with Crippen molar-refractivity contribution in [2.45, 2.75) is 59.3 Å².